The van der Waals surface area contributed by atoms with E-state index in [4.69, 9.17) is 14.2 Å². The summed E-state index contributed by atoms with van der Waals surface area (Å²) in [5.41, 5.74) is 1.96. The van der Waals surface area contributed by atoms with E-state index in [9.17, 15) is 14.4 Å². The molecule has 0 bridgehead atoms. The third-order valence-electron chi connectivity index (χ3n) is 4.14. The number of urea groups is 1. The standard InChI is InChI=1S/C18H24N4O6/c1-18(2)16(24)22(17(25)20-18)7-6-15(23)21-19-10-11-8-13(27-4)14(28-5)9-12(11)26-3/h8-10H,6-7H2,1-5H3,(H,20,25)(H,21,23)/b19-10-. The molecule has 2 rings (SSSR count). The van der Waals surface area contributed by atoms with Crippen LogP contribution in [-0.4, -0.2) is 62.4 Å². The molecule has 0 aromatic heterocycles. The van der Waals surface area contributed by atoms with Gasteiger partial charge in [0.2, 0.25) is 5.91 Å². The summed E-state index contributed by atoms with van der Waals surface area (Å²) >= 11 is 0. The summed E-state index contributed by atoms with van der Waals surface area (Å²) in [4.78, 5) is 36.9. The molecule has 1 aromatic carbocycles. The first kappa shape index (κ1) is 21.0. The van der Waals surface area contributed by atoms with Crippen LogP contribution in [0.25, 0.3) is 0 Å². The summed E-state index contributed by atoms with van der Waals surface area (Å²) in [6.45, 7) is 3.18. The summed E-state index contributed by atoms with van der Waals surface area (Å²) in [6, 6.07) is 2.78. The van der Waals surface area contributed by atoms with E-state index in [0.717, 1.165) is 4.90 Å². The lowest BCUT2D eigenvalue weighted by atomic mass is 10.1. The highest BCUT2D eigenvalue weighted by Crippen LogP contribution is 2.33. The number of carbonyl (C=O) groups is 3. The van der Waals surface area contributed by atoms with Gasteiger partial charge >= 0.3 is 6.03 Å². The molecule has 0 atom stereocenters. The van der Waals surface area contributed by atoms with E-state index in [-0.39, 0.29) is 18.9 Å². The number of hydrazone groups is 1. The average Bonchev–Trinajstić information content (AvgIpc) is 2.86. The maximum absolute atomic E-state index is 12.1. The minimum Gasteiger partial charge on any atom is -0.496 e. The molecule has 1 saturated heterocycles. The molecule has 28 heavy (non-hydrogen) atoms. The van der Waals surface area contributed by atoms with Crippen molar-refractivity contribution in [3.8, 4) is 17.2 Å². The van der Waals surface area contributed by atoms with Gasteiger partial charge in [-0.3, -0.25) is 14.5 Å². The van der Waals surface area contributed by atoms with E-state index >= 15 is 0 Å². The van der Waals surface area contributed by atoms with Gasteiger partial charge in [-0.05, 0) is 19.9 Å². The SMILES string of the molecule is COc1cc(OC)c(OC)cc1/C=N\NC(=O)CCN1C(=O)NC(C)(C)C1=O. The Morgan fingerprint density at radius 2 is 1.75 bits per heavy atom. The first-order valence-electron chi connectivity index (χ1n) is 8.49. The first-order chi connectivity index (χ1) is 13.2. The van der Waals surface area contributed by atoms with Crippen molar-refractivity contribution < 1.29 is 28.6 Å². The Labute approximate surface area is 162 Å². The zero-order valence-electron chi connectivity index (χ0n) is 16.5. The van der Waals surface area contributed by atoms with Crippen molar-refractivity contribution in [1.82, 2.24) is 15.6 Å². The van der Waals surface area contributed by atoms with Gasteiger partial charge in [-0.2, -0.15) is 5.10 Å². The van der Waals surface area contributed by atoms with Crippen LogP contribution in [0.3, 0.4) is 0 Å². The normalized spacial score (nSPS) is 15.5. The second kappa shape index (κ2) is 8.59. The highest BCUT2D eigenvalue weighted by Gasteiger charge is 2.43. The van der Waals surface area contributed by atoms with Gasteiger partial charge in [-0.25, -0.2) is 10.2 Å². The fourth-order valence-electron chi connectivity index (χ4n) is 2.62. The van der Waals surface area contributed by atoms with Gasteiger partial charge in [0.05, 0.1) is 27.5 Å². The molecule has 0 saturated carbocycles. The number of amides is 4. The number of benzene rings is 1. The van der Waals surface area contributed by atoms with E-state index < -0.39 is 17.5 Å². The van der Waals surface area contributed by atoms with E-state index in [1.165, 1.54) is 27.5 Å². The quantitative estimate of drug-likeness (QED) is 0.385. The van der Waals surface area contributed by atoms with Crippen LogP contribution >= 0.6 is 0 Å². The highest BCUT2D eigenvalue weighted by molar-refractivity contribution is 6.06. The van der Waals surface area contributed by atoms with Crippen molar-refractivity contribution in [2.75, 3.05) is 27.9 Å². The smallest absolute Gasteiger partial charge is 0.325 e. The fourth-order valence-corrected chi connectivity index (χ4v) is 2.62. The maximum Gasteiger partial charge on any atom is 0.325 e. The lowest BCUT2D eigenvalue weighted by Gasteiger charge is -2.15. The largest absolute Gasteiger partial charge is 0.496 e. The van der Waals surface area contributed by atoms with Crippen LogP contribution in [0.4, 0.5) is 4.79 Å². The van der Waals surface area contributed by atoms with E-state index in [0.29, 0.717) is 22.8 Å². The number of rotatable bonds is 8. The van der Waals surface area contributed by atoms with Crippen LogP contribution in [0.1, 0.15) is 25.8 Å². The predicted octanol–water partition coefficient (Wildman–Crippen LogP) is 0.883. The zero-order valence-corrected chi connectivity index (χ0v) is 16.5. The molecule has 1 fully saturated rings. The number of imide groups is 1. The van der Waals surface area contributed by atoms with Gasteiger partial charge in [0, 0.05) is 24.6 Å². The summed E-state index contributed by atoms with van der Waals surface area (Å²) in [5.74, 6) is 0.649. The predicted molar refractivity (Wildman–Crippen MR) is 101 cm³/mol. The summed E-state index contributed by atoms with van der Waals surface area (Å²) in [5, 5.41) is 6.44. The van der Waals surface area contributed by atoms with Gasteiger partial charge < -0.3 is 19.5 Å². The van der Waals surface area contributed by atoms with Gasteiger partial charge in [0.25, 0.3) is 5.91 Å². The monoisotopic (exact) mass is 392 g/mol. The maximum atomic E-state index is 12.1. The molecule has 10 nitrogen and oxygen atoms in total. The molecule has 2 N–H and O–H groups in total. The second-order valence-corrected chi connectivity index (χ2v) is 6.50. The molecule has 1 aliphatic rings. The highest BCUT2D eigenvalue weighted by atomic mass is 16.5. The van der Waals surface area contributed by atoms with E-state index in [1.54, 1.807) is 26.0 Å². The molecule has 1 aromatic rings. The van der Waals surface area contributed by atoms with E-state index in [2.05, 4.69) is 15.8 Å². The Morgan fingerprint density at radius 1 is 1.14 bits per heavy atom. The summed E-state index contributed by atoms with van der Waals surface area (Å²) < 4.78 is 15.7. The van der Waals surface area contributed by atoms with Gasteiger partial charge in [0.1, 0.15) is 11.3 Å². The van der Waals surface area contributed by atoms with Crippen LogP contribution in [0, 0.1) is 0 Å². The summed E-state index contributed by atoms with van der Waals surface area (Å²) in [7, 11) is 4.51. The van der Waals surface area contributed by atoms with Gasteiger partial charge in [0.15, 0.2) is 11.5 Å². The fraction of sp³-hybridized carbons (Fsp3) is 0.444. The van der Waals surface area contributed by atoms with Crippen LogP contribution in [0.5, 0.6) is 17.2 Å². The molecular formula is C18H24N4O6. The molecule has 0 radical (unpaired) electrons. The van der Waals surface area contributed by atoms with Gasteiger partial charge in [-0.15, -0.1) is 0 Å². The molecule has 10 heteroatoms. The van der Waals surface area contributed by atoms with Crippen molar-refractivity contribution in [3.05, 3.63) is 17.7 Å². The number of methoxy groups -OCH3 is 3. The molecule has 4 amide bonds. The van der Waals surface area contributed by atoms with Crippen molar-refractivity contribution in [1.29, 1.82) is 0 Å². The van der Waals surface area contributed by atoms with Crippen molar-refractivity contribution in [2.24, 2.45) is 5.10 Å². The van der Waals surface area contributed by atoms with Crippen LogP contribution in [0.15, 0.2) is 17.2 Å². The number of carbonyl (C=O) groups excluding carboxylic acids is 3. The van der Waals surface area contributed by atoms with Crippen molar-refractivity contribution in [2.45, 2.75) is 25.8 Å². The minimum absolute atomic E-state index is 0.0326. The second-order valence-electron chi connectivity index (χ2n) is 6.50. The molecule has 152 valence electrons. The topological polar surface area (TPSA) is 119 Å². The van der Waals surface area contributed by atoms with Crippen LogP contribution in [0.2, 0.25) is 0 Å². The van der Waals surface area contributed by atoms with Crippen molar-refractivity contribution in [3.63, 3.8) is 0 Å². The molecule has 1 heterocycles. The zero-order chi connectivity index (χ0) is 20.9. The first-order valence-corrected chi connectivity index (χ1v) is 8.49. The van der Waals surface area contributed by atoms with E-state index in [1.807, 2.05) is 0 Å². The Morgan fingerprint density at radius 3 is 2.29 bits per heavy atom. The Kier molecular flexibility index (Phi) is 6.45. The molecule has 0 spiro atoms. The third-order valence-corrected chi connectivity index (χ3v) is 4.14. The minimum atomic E-state index is -0.963. The summed E-state index contributed by atoms with van der Waals surface area (Å²) in [6.07, 6.45) is 1.32. The Balaban J connectivity index is 1.97. The molecule has 1 aliphatic heterocycles. The van der Waals surface area contributed by atoms with Gasteiger partial charge in [-0.1, -0.05) is 0 Å². The Bertz CT molecular complexity index is 806. The molecule has 0 aliphatic carbocycles. The number of hydrogen-bond acceptors (Lipinski definition) is 7. The van der Waals surface area contributed by atoms with Crippen molar-refractivity contribution >= 4 is 24.1 Å². The third kappa shape index (κ3) is 4.51. The molecule has 0 unspecified atom stereocenters. The average molecular weight is 392 g/mol. The number of hydrogen-bond donors (Lipinski definition) is 2. The number of nitrogens with one attached hydrogen (secondary N) is 2. The lowest BCUT2D eigenvalue weighted by Crippen LogP contribution is -2.40. The lowest BCUT2D eigenvalue weighted by molar-refractivity contribution is -0.130. The van der Waals surface area contributed by atoms with Crippen LogP contribution < -0.4 is 25.0 Å². The van der Waals surface area contributed by atoms with Crippen LogP contribution in [-0.2, 0) is 9.59 Å². The molecular weight excluding hydrogens is 368 g/mol. The number of nitrogens with zero attached hydrogens (tertiary/aromatic N) is 2. The Hall–Kier alpha value is -3.30. The number of ether oxygens (including phenoxy) is 3.